The summed E-state index contributed by atoms with van der Waals surface area (Å²) in [7, 11) is 0. The molecule has 0 aromatic rings. The second-order valence-electron chi connectivity index (χ2n) is 5.82. The summed E-state index contributed by atoms with van der Waals surface area (Å²) in [5, 5.41) is 43.7. The zero-order valence-corrected chi connectivity index (χ0v) is 17.0. The van der Waals surface area contributed by atoms with Crippen LogP contribution in [-0.4, -0.2) is 58.1 Å². The van der Waals surface area contributed by atoms with Crippen molar-refractivity contribution in [1.29, 1.82) is 26.3 Å². The zero-order chi connectivity index (χ0) is 22.3. The third kappa shape index (κ3) is 14.3. The van der Waals surface area contributed by atoms with Crippen LogP contribution in [0, 0.1) is 56.7 Å². The topological polar surface area (TPSA) is 165 Å². The summed E-state index contributed by atoms with van der Waals surface area (Å²) in [5.41, 5.74) is 0. The van der Waals surface area contributed by atoms with E-state index >= 15 is 0 Å². The number of nitrogens with zero attached hydrogens (tertiary/aromatic N) is 5. The lowest BCUT2D eigenvalue weighted by atomic mass is 10.2. The Bertz CT molecular complexity index is 594. The van der Waals surface area contributed by atoms with Crippen LogP contribution in [0.1, 0.15) is 38.5 Å². The first kappa shape index (κ1) is 27.2. The molecule has 0 aromatic heterocycles. The van der Waals surface area contributed by atoms with Gasteiger partial charge in [-0.1, -0.05) is 0 Å². The van der Waals surface area contributed by atoms with Crippen LogP contribution in [0.5, 0.6) is 0 Å². The molecular weight excluding hydrogens is 390 g/mol. The molecule has 0 amide bonds. The fourth-order valence-corrected chi connectivity index (χ4v) is 2.22. The van der Waals surface area contributed by atoms with Crippen molar-refractivity contribution in [3.8, 4) is 30.3 Å². The largest absolute Gasteiger partial charge is 0.378 e. The number of hydrogen-bond donors (Lipinski definition) is 0. The van der Waals surface area contributed by atoms with Gasteiger partial charge in [0.2, 0.25) is 0 Å². The minimum absolute atomic E-state index is 0.0595. The Morgan fingerprint density at radius 3 is 1.63 bits per heavy atom. The number of ether oxygens (including phenoxy) is 5. The van der Waals surface area contributed by atoms with Crippen molar-refractivity contribution in [2.24, 2.45) is 0 Å². The lowest BCUT2D eigenvalue weighted by Crippen LogP contribution is -2.47. The molecule has 0 aliphatic rings. The van der Waals surface area contributed by atoms with E-state index in [0.717, 1.165) is 0 Å². The van der Waals surface area contributed by atoms with Crippen LogP contribution in [0.4, 0.5) is 0 Å². The molecule has 0 aromatic carbocycles. The number of hydrogen-bond acceptors (Lipinski definition) is 10. The van der Waals surface area contributed by atoms with E-state index in [0.29, 0.717) is 12.8 Å². The van der Waals surface area contributed by atoms with Gasteiger partial charge in [0.15, 0.2) is 6.29 Å². The second kappa shape index (κ2) is 21.0. The first-order chi connectivity index (χ1) is 14.7. The molecule has 0 N–H and O–H groups in total. The Morgan fingerprint density at radius 1 is 0.533 bits per heavy atom. The number of rotatable bonds is 19. The standard InChI is InChI=1S/C20H27N5O5/c21-7-1-2-13-29-20(30-16-6-11-25)19(28-15-5-10-24)18(27-14-4-9-23)17-26-12-3-8-22/h18-20H,1-6,12-17H2. The van der Waals surface area contributed by atoms with Crippen molar-refractivity contribution in [2.75, 3.05) is 39.6 Å². The molecular formula is C20H27N5O5. The highest BCUT2D eigenvalue weighted by molar-refractivity contribution is 4.80. The fourth-order valence-electron chi connectivity index (χ4n) is 2.22. The highest BCUT2D eigenvalue weighted by Crippen LogP contribution is 2.17. The predicted molar refractivity (Wildman–Crippen MR) is 102 cm³/mol. The molecule has 0 aliphatic heterocycles. The summed E-state index contributed by atoms with van der Waals surface area (Å²) in [5.74, 6) is 0. The molecule has 3 atom stereocenters. The third-order valence-corrected chi connectivity index (χ3v) is 3.56. The monoisotopic (exact) mass is 417 g/mol. The summed E-state index contributed by atoms with van der Waals surface area (Å²) in [6, 6.07) is 9.97. The summed E-state index contributed by atoms with van der Waals surface area (Å²) in [4.78, 5) is 0. The van der Waals surface area contributed by atoms with Crippen LogP contribution in [0.15, 0.2) is 0 Å². The Labute approximate surface area is 177 Å². The molecule has 0 fully saturated rings. The van der Waals surface area contributed by atoms with Crippen LogP contribution in [0.2, 0.25) is 0 Å². The van der Waals surface area contributed by atoms with Crippen LogP contribution in [0.25, 0.3) is 0 Å². The van der Waals surface area contributed by atoms with E-state index in [9.17, 15) is 0 Å². The molecule has 0 radical (unpaired) electrons. The average Bonchev–Trinajstić information content (AvgIpc) is 2.75. The van der Waals surface area contributed by atoms with Gasteiger partial charge in [0.1, 0.15) is 12.2 Å². The zero-order valence-electron chi connectivity index (χ0n) is 17.0. The van der Waals surface area contributed by atoms with Crippen LogP contribution >= 0.6 is 0 Å². The molecule has 162 valence electrons. The summed E-state index contributed by atoms with van der Waals surface area (Å²) in [6.45, 7) is 0.796. The van der Waals surface area contributed by atoms with Gasteiger partial charge in [0.25, 0.3) is 0 Å². The molecule has 0 aliphatic carbocycles. The van der Waals surface area contributed by atoms with E-state index in [1.807, 2.05) is 30.3 Å². The van der Waals surface area contributed by atoms with Crippen molar-refractivity contribution in [2.45, 2.75) is 57.0 Å². The lowest BCUT2D eigenvalue weighted by Gasteiger charge is -2.33. The molecule has 0 spiro atoms. The molecule has 30 heavy (non-hydrogen) atoms. The highest BCUT2D eigenvalue weighted by Gasteiger charge is 2.33. The quantitative estimate of drug-likeness (QED) is 0.224. The minimum Gasteiger partial charge on any atom is -0.378 e. The van der Waals surface area contributed by atoms with E-state index in [1.165, 1.54) is 0 Å². The van der Waals surface area contributed by atoms with Gasteiger partial charge in [-0.3, -0.25) is 0 Å². The minimum atomic E-state index is -0.928. The van der Waals surface area contributed by atoms with Gasteiger partial charge in [-0.05, 0) is 6.42 Å². The van der Waals surface area contributed by atoms with E-state index in [1.54, 1.807) is 0 Å². The molecule has 0 rings (SSSR count). The normalized spacial score (nSPS) is 13.0. The Balaban J connectivity index is 5.34. The maximum absolute atomic E-state index is 8.82. The van der Waals surface area contributed by atoms with Gasteiger partial charge in [-0.2, -0.15) is 26.3 Å². The van der Waals surface area contributed by atoms with Gasteiger partial charge in [0, 0.05) is 6.42 Å². The Hall–Kier alpha value is -2.75. The SMILES string of the molecule is N#CCCCOC(OCCC#N)C(OCCC#N)C(COCCC#N)OCCC#N. The number of nitriles is 5. The molecule has 3 unspecified atom stereocenters. The van der Waals surface area contributed by atoms with Gasteiger partial charge in [-0.15, -0.1) is 0 Å². The summed E-state index contributed by atoms with van der Waals surface area (Å²) < 4.78 is 28.5. The highest BCUT2D eigenvalue weighted by atomic mass is 16.7. The van der Waals surface area contributed by atoms with Crippen LogP contribution in [-0.2, 0) is 23.7 Å². The van der Waals surface area contributed by atoms with E-state index in [4.69, 9.17) is 50.0 Å². The van der Waals surface area contributed by atoms with Crippen molar-refractivity contribution in [3.05, 3.63) is 0 Å². The molecule has 10 heteroatoms. The van der Waals surface area contributed by atoms with Gasteiger partial charge < -0.3 is 23.7 Å². The van der Waals surface area contributed by atoms with Crippen LogP contribution in [0.3, 0.4) is 0 Å². The second-order valence-corrected chi connectivity index (χ2v) is 5.82. The molecule has 0 saturated carbocycles. The Kier molecular flexibility index (Phi) is 19.0. The maximum atomic E-state index is 8.82. The first-order valence-electron chi connectivity index (χ1n) is 9.64. The van der Waals surface area contributed by atoms with E-state index in [2.05, 4.69) is 0 Å². The molecule has 10 nitrogen and oxygen atoms in total. The van der Waals surface area contributed by atoms with Gasteiger partial charge in [0.05, 0.1) is 95.7 Å². The summed E-state index contributed by atoms with van der Waals surface area (Å²) >= 11 is 0. The van der Waals surface area contributed by atoms with Crippen LogP contribution < -0.4 is 0 Å². The van der Waals surface area contributed by atoms with Crippen molar-refractivity contribution in [1.82, 2.24) is 0 Å². The molecule has 0 bridgehead atoms. The Morgan fingerprint density at radius 2 is 1.03 bits per heavy atom. The van der Waals surface area contributed by atoms with Crippen molar-refractivity contribution in [3.63, 3.8) is 0 Å². The van der Waals surface area contributed by atoms with Crippen molar-refractivity contribution >= 4 is 0 Å². The lowest BCUT2D eigenvalue weighted by molar-refractivity contribution is -0.240. The predicted octanol–water partition coefficient (Wildman–Crippen LogP) is 2.09. The van der Waals surface area contributed by atoms with E-state index in [-0.39, 0.29) is 65.3 Å². The maximum Gasteiger partial charge on any atom is 0.186 e. The first-order valence-corrected chi connectivity index (χ1v) is 9.64. The van der Waals surface area contributed by atoms with E-state index < -0.39 is 18.5 Å². The average molecular weight is 417 g/mol. The molecule has 0 heterocycles. The van der Waals surface area contributed by atoms with Crippen molar-refractivity contribution < 1.29 is 23.7 Å². The van der Waals surface area contributed by atoms with Gasteiger partial charge in [-0.25, -0.2) is 0 Å². The number of unbranched alkanes of at least 4 members (excludes halogenated alkanes) is 1. The molecule has 0 saturated heterocycles. The fraction of sp³-hybridized carbons (Fsp3) is 0.750. The third-order valence-electron chi connectivity index (χ3n) is 3.56. The smallest absolute Gasteiger partial charge is 0.186 e. The summed E-state index contributed by atoms with van der Waals surface area (Å²) in [6.07, 6.45) is -0.999. The van der Waals surface area contributed by atoms with Gasteiger partial charge >= 0.3 is 0 Å².